The lowest BCUT2D eigenvalue weighted by Crippen LogP contribution is -2.35. The van der Waals surface area contributed by atoms with Crippen molar-refractivity contribution < 1.29 is 9.53 Å². The van der Waals surface area contributed by atoms with Crippen molar-refractivity contribution in [3.63, 3.8) is 0 Å². The molecule has 2 heteroatoms. The molecule has 1 fully saturated rings. The van der Waals surface area contributed by atoms with Gasteiger partial charge in [-0.2, -0.15) is 0 Å². The fraction of sp³-hybridized carbons (Fsp3) is 0.944. The molecule has 0 aromatic rings. The van der Waals surface area contributed by atoms with Crippen molar-refractivity contribution in [1.29, 1.82) is 0 Å². The molecule has 118 valence electrons. The number of hydrogen-bond acceptors (Lipinski definition) is 2. The zero-order valence-corrected chi connectivity index (χ0v) is 14.0. The topological polar surface area (TPSA) is 26.3 Å². The van der Waals surface area contributed by atoms with Gasteiger partial charge in [0.25, 0.3) is 0 Å². The molecule has 0 spiro atoms. The van der Waals surface area contributed by atoms with E-state index in [2.05, 4.69) is 27.7 Å². The molecule has 1 rings (SSSR count). The van der Waals surface area contributed by atoms with Crippen molar-refractivity contribution in [1.82, 2.24) is 0 Å². The molecule has 0 heterocycles. The highest BCUT2D eigenvalue weighted by atomic mass is 16.5. The lowest BCUT2D eigenvalue weighted by atomic mass is 9.75. The molecule has 20 heavy (non-hydrogen) atoms. The molecule has 0 radical (unpaired) electrons. The average molecular weight is 282 g/mol. The van der Waals surface area contributed by atoms with Gasteiger partial charge in [-0.25, -0.2) is 0 Å². The van der Waals surface area contributed by atoms with E-state index in [1.165, 1.54) is 32.1 Å². The van der Waals surface area contributed by atoms with Crippen LogP contribution >= 0.6 is 0 Å². The zero-order valence-electron chi connectivity index (χ0n) is 14.0. The van der Waals surface area contributed by atoms with E-state index in [4.69, 9.17) is 4.74 Å². The first-order valence-electron chi connectivity index (χ1n) is 8.74. The second-order valence-corrected chi connectivity index (χ2v) is 7.02. The average Bonchev–Trinajstić information content (AvgIpc) is 2.38. The minimum atomic E-state index is 0.0336. The number of ether oxygens (including phenoxy) is 1. The number of rotatable bonds is 8. The number of unbranched alkanes of at least 4 members (excludes halogenated alkanes) is 4. The summed E-state index contributed by atoms with van der Waals surface area (Å²) in [5, 5.41) is 0. The van der Waals surface area contributed by atoms with Crippen LogP contribution in [0.1, 0.15) is 85.5 Å². The van der Waals surface area contributed by atoms with Crippen molar-refractivity contribution in [2.24, 2.45) is 17.8 Å². The Morgan fingerprint density at radius 1 is 1.15 bits per heavy atom. The van der Waals surface area contributed by atoms with E-state index in [1.807, 2.05) is 0 Å². The lowest BCUT2D eigenvalue weighted by Gasteiger charge is -2.36. The summed E-state index contributed by atoms with van der Waals surface area (Å²) in [6.45, 7) is 9.01. The molecule has 0 amide bonds. The molecule has 0 aromatic heterocycles. The van der Waals surface area contributed by atoms with Gasteiger partial charge in [0.15, 0.2) is 0 Å². The second kappa shape index (κ2) is 9.41. The molecule has 3 atom stereocenters. The van der Waals surface area contributed by atoms with Gasteiger partial charge in [-0.1, -0.05) is 59.8 Å². The Kier molecular flexibility index (Phi) is 8.25. The van der Waals surface area contributed by atoms with E-state index < -0.39 is 0 Å². The van der Waals surface area contributed by atoms with E-state index in [-0.39, 0.29) is 12.1 Å². The summed E-state index contributed by atoms with van der Waals surface area (Å²) in [5.74, 6) is 1.92. The van der Waals surface area contributed by atoms with Crippen molar-refractivity contribution in [2.75, 3.05) is 0 Å². The normalized spacial score (nSPS) is 26.8. The van der Waals surface area contributed by atoms with E-state index in [0.717, 1.165) is 19.3 Å². The fourth-order valence-corrected chi connectivity index (χ4v) is 3.35. The number of carbonyl (C=O) groups is 1. The molecule has 0 bridgehead atoms. The van der Waals surface area contributed by atoms with Gasteiger partial charge < -0.3 is 4.74 Å². The number of carbonyl (C=O) groups excluding carboxylic acids is 1. The number of esters is 1. The van der Waals surface area contributed by atoms with Crippen molar-refractivity contribution in [3.05, 3.63) is 0 Å². The Labute approximate surface area is 125 Å². The van der Waals surface area contributed by atoms with Gasteiger partial charge in [0, 0.05) is 6.42 Å². The minimum absolute atomic E-state index is 0.0336. The highest BCUT2D eigenvalue weighted by molar-refractivity contribution is 5.69. The van der Waals surface area contributed by atoms with Crippen LogP contribution in [-0.2, 0) is 9.53 Å². The Balaban J connectivity index is 2.30. The highest BCUT2D eigenvalue weighted by Crippen LogP contribution is 2.35. The first-order valence-corrected chi connectivity index (χ1v) is 8.74. The molecule has 1 aliphatic carbocycles. The SMILES string of the molecule is CCCCCCCC(=O)O[C@H]1C[C@@H](C)CC[C@@H]1C(C)C. The largest absolute Gasteiger partial charge is 0.462 e. The van der Waals surface area contributed by atoms with Crippen molar-refractivity contribution in [3.8, 4) is 0 Å². The van der Waals surface area contributed by atoms with Crippen LogP contribution in [-0.4, -0.2) is 12.1 Å². The molecular weight excluding hydrogens is 248 g/mol. The van der Waals surface area contributed by atoms with Crippen LogP contribution in [0.5, 0.6) is 0 Å². The summed E-state index contributed by atoms with van der Waals surface area (Å²) in [6, 6.07) is 0. The molecule has 0 aliphatic heterocycles. The van der Waals surface area contributed by atoms with Gasteiger partial charge in [0.1, 0.15) is 6.10 Å². The number of hydrogen-bond donors (Lipinski definition) is 0. The van der Waals surface area contributed by atoms with Gasteiger partial charge in [-0.3, -0.25) is 4.79 Å². The van der Waals surface area contributed by atoms with Crippen LogP contribution < -0.4 is 0 Å². The van der Waals surface area contributed by atoms with Gasteiger partial charge in [-0.15, -0.1) is 0 Å². The summed E-state index contributed by atoms with van der Waals surface area (Å²) in [5.41, 5.74) is 0. The monoisotopic (exact) mass is 282 g/mol. The molecule has 1 saturated carbocycles. The summed E-state index contributed by atoms with van der Waals surface area (Å²) < 4.78 is 5.80. The lowest BCUT2D eigenvalue weighted by molar-refractivity contribution is -0.156. The van der Waals surface area contributed by atoms with Crippen LogP contribution in [0.4, 0.5) is 0 Å². The predicted molar refractivity (Wildman–Crippen MR) is 84.6 cm³/mol. The molecule has 0 N–H and O–H groups in total. The fourth-order valence-electron chi connectivity index (χ4n) is 3.35. The Hall–Kier alpha value is -0.530. The molecule has 1 aliphatic rings. The maximum atomic E-state index is 12.0. The predicted octanol–water partition coefficient (Wildman–Crippen LogP) is 5.35. The van der Waals surface area contributed by atoms with Crippen LogP contribution in [0.2, 0.25) is 0 Å². The molecule has 0 aromatic carbocycles. The van der Waals surface area contributed by atoms with Gasteiger partial charge in [-0.05, 0) is 37.0 Å². The molecule has 0 unspecified atom stereocenters. The van der Waals surface area contributed by atoms with E-state index in [9.17, 15) is 4.79 Å². The Morgan fingerprint density at radius 3 is 2.50 bits per heavy atom. The van der Waals surface area contributed by atoms with Crippen LogP contribution in [0.3, 0.4) is 0 Å². The van der Waals surface area contributed by atoms with Crippen LogP contribution in [0.15, 0.2) is 0 Å². The van der Waals surface area contributed by atoms with Crippen molar-refractivity contribution >= 4 is 5.97 Å². The Bertz CT molecular complexity index is 273. The summed E-state index contributed by atoms with van der Waals surface area (Å²) >= 11 is 0. The maximum absolute atomic E-state index is 12.0. The van der Waals surface area contributed by atoms with E-state index >= 15 is 0 Å². The zero-order chi connectivity index (χ0) is 15.0. The third-order valence-corrected chi connectivity index (χ3v) is 4.73. The Morgan fingerprint density at radius 2 is 1.85 bits per heavy atom. The van der Waals surface area contributed by atoms with Crippen LogP contribution in [0.25, 0.3) is 0 Å². The van der Waals surface area contributed by atoms with E-state index in [1.54, 1.807) is 0 Å². The van der Waals surface area contributed by atoms with E-state index in [0.29, 0.717) is 24.2 Å². The molecule has 2 nitrogen and oxygen atoms in total. The standard InChI is InChI=1S/C18H34O2/c1-5-6-7-8-9-10-18(19)20-17-13-15(4)11-12-16(17)14(2)3/h14-17H,5-13H2,1-4H3/t15-,16+,17-/m0/s1. The quantitative estimate of drug-likeness (QED) is 0.443. The van der Waals surface area contributed by atoms with Crippen LogP contribution in [0, 0.1) is 17.8 Å². The van der Waals surface area contributed by atoms with Gasteiger partial charge >= 0.3 is 5.97 Å². The summed E-state index contributed by atoms with van der Waals surface area (Å²) in [6.07, 6.45) is 10.3. The van der Waals surface area contributed by atoms with Gasteiger partial charge in [0.2, 0.25) is 0 Å². The van der Waals surface area contributed by atoms with Crippen molar-refractivity contribution in [2.45, 2.75) is 91.6 Å². The summed E-state index contributed by atoms with van der Waals surface area (Å²) in [4.78, 5) is 12.0. The highest BCUT2D eigenvalue weighted by Gasteiger charge is 2.33. The maximum Gasteiger partial charge on any atom is 0.306 e. The third kappa shape index (κ3) is 6.28. The molecular formula is C18H34O2. The second-order valence-electron chi connectivity index (χ2n) is 7.02. The first-order chi connectivity index (χ1) is 9.54. The van der Waals surface area contributed by atoms with Gasteiger partial charge in [0.05, 0.1) is 0 Å². The summed E-state index contributed by atoms with van der Waals surface area (Å²) in [7, 11) is 0. The third-order valence-electron chi connectivity index (χ3n) is 4.73. The first kappa shape index (κ1) is 17.5. The smallest absolute Gasteiger partial charge is 0.306 e. The minimum Gasteiger partial charge on any atom is -0.462 e. The molecule has 0 saturated heterocycles.